The van der Waals surface area contributed by atoms with Gasteiger partial charge in [0.25, 0.3) is 0 Å². The highest BCUT2D eigenvalue weighted by molar-refractivity contribution is 7.89. The Balaban J connectivity index is 1.58. The highest BCUT2D eigenvalue weighted by atomic mass is 32.2. The molecule has 2 aromatic carbocycles. The average Bonchev–Trinajstić information content (AvgIpc) is 2.74. The van der Waals surface area contributed by atoms with Crippen molar-refractivity contribution in [3.63, 3.8) is 0 Å². The van der Waals surface area contributed by atoms with E-state index in [1.165, 1.54) is 11.4 Å². The minimum Gasteiger partial charge on any atom is -0.495 e. The van der Waals surface area contributed by atoms with E-state index < -0.39 is 10.0 Å². The first kappa shape index (κ1) is 20.6. The van der Waals surface area contributed by atoms with E-state index in [0.29, 0.717) is 31.9 Å². The molecule has 3 aromatic rings. The fraction of sp³-hybridized carbons (Fsp3) is 0.364. The van der Waals surface area contributed by atoms with E-state index in [0.717, 1.165) is 33.7 Å². The van der Waals surface area contributed by atoms with Crippen LogP contribution in [0.4, 0.5) is 5.82 Å². The smallest absolute Gasteiger partial charge is 0.246 e. The molecule has 4 rings (SSSR count). The van der Waals surface area contributed by atoms with E-state index in [-0.39, 0.29) is 4.90 Å². The first-order chi connectivity index (χ1) is 14.3. The van der Waals surface area contributed by atoms with E-state index in [1.54, 1.807) is 12.1 Å². The fourth-order valence-corrected chi connectivity index (χ4v) is 5.43. The third-order valence-corrected chi connectivity index (χ3v) is 7.58. The van der Waals surface area contributed by atoms with Gasteiger partial charge in [-0.1, -0.05) is 12.1 Å². The largest absolute Gasteiger partial charge is 0.495 e. The molecule has 158 valence electrons. The van der Waals surface area contributed by atoms with Crippen LogP contribution in [0.25, 0.3) is 11.0 Å². The number of hydrogen-bond acceptors (Lipinski definition) is 6. The van der Waals surface area contributed by atoms with Gasteiger partial charge in [0, 0.05) is 26.2 Å². The van der Waals surface area contributed by atoms with Gasteiger partial charge in [-0.05, 0) is 56.2 Å². The predicted octanol–water partition coefficient (Wildman–Crippen LogP) is 3.07. The molecule has 0 N–H and O–H groups in total. The number of aryl methyl sites for hydroxylation is 3. The van der Waals surface area contributed by atoms with Crippen LogP contribution in [0.2, 0.25) is 0 Å². The van der Waals surface area contributed by atoms with Gasteiger partial charge in [-0.25, -0.2) is 18.4 Å². The van der Waals surface area contributed by atoms with Gasteiger partial charge >= 0.3 is 0 Å². The number of para-hydroxylation sites is 2. The zero-order chi connectivity index (χ0) is 21.5. The number of ether oxygens (including phenoxy) is 1. The Hall–Kier alpha value is -2.71. The van der Waals surface area contributed by atoms with E-state index in [9.17, 15) is 8.42 Å². The normalized spacial score (nSPS) is 15.5. The molecule has 7 nitrogen and oxygen atoms in total. The van der Waals surface area contributed by atoms with Crippen molar-refractivity contribution in [2.24, 2.45) is 0 Å². The van der Waals surface area contributed by atoms with Crippen LogP contribution in [0.3, 0.4) is 0 Å². The van der Waals surface area contributed by atoms with Crippen molar-refractivity contribution in [2.75, 3.05) is 38.2 Å². The Morgan fingerprint density at radius 1 is 0.900 bits per heavy atom. The third-order valence-electron chi connectivity index (χ3n) is 5.66. The summed E-state index contributed by atoms with van der Waals surface area (Å²) < 4.78 is 33.5. The summed E-state index contributed by atoms with van der Waals surface area (Å²) >= 11 is 0. The predicted molar refractivity (Wildman–Crippen MR) is 118 cm³/mol. The van der Waals surface area contributed by atoms with Gasteiger partial charge in [0.05, 0.1) is 23.8 Å². The molecule has 1 saturated heterocycles. The van der Waals surface area contributed by atoms with E-state index in [1.807, 2.05) is 45.0 Å². The summed E-state index contributed by atoms with van der Waals surface area (Å²) in [6.45, 7) is 7.67. The molecular weight excluding hydrogens is 400 g/mol. The Morgan fingerprint density at radius 3 is 2.13 bits per heavy atom. The molecule has 1 aromatic heterocycles. The lowest BCUT2D eigenvalue weighted by Crippen LogP contribution is -2.49. The zero-order valence-electron chi connectivity index (χ0n) is 17.7. The topological polar surface area (TPSA) is 75.6 Å². The molecule has 1 aliphatic heterocycles. The summed E-state index contributed by atoms with van der Waals surface area (Å²) in [5, 5.41) is 0. The highest BCUT2D eigenvalue weighted by Gasteiger charge is 2.32. The van der Waals surface area contributed by atoms with Crippen LogP contribution in [0.15, 0.2) is 41.3 Å². The van der Waals surface area contributed by atoms with Crippen LogP contribution in [0, 0.1) is 20.8 Å². The number of fused-ring (bicyclic) bond motifs is 1. The lowest BCUT2D eigenvalue weighted by molar-refractivity contribution is 0.373. The molecule has 0 bridgehead atoms. The standard InChI is InChI=1S/C22H26N4O3S/c1-15-13-20(29-4)21(14-16(15)2)30(27,28)26-11-9-25(10-12-26)22-17(3)23-18-7-5-6-8-19(18)24-22/h5-8,13-14H,9-12H2,1-4H3. The van der Waals surface area contributed by atoms with E-state index in [2.05, 4.69) is 9.88 Å². The van der Waals surface area contributed by atoms with Gasteiger partial charge in [0.2, 0.25) is 10.0 Å². The van der Waals surface area contributed by atoms with Gasteiger partial charge < -0.3 is 9.64 Å². The Labute approximate surface area is 177 Å². The van der Waals surface area contributed by atoms with Gasteiger partial charge in [-0.15, -0.1) is 0 Å². The number of methoxy groups -OCH3 is 1. The molecule has 0 radical (unpaired) electrons. The second kappa shape index (κ2) is 7.85. The minimum atomic E-state index is -3.65. The molecule has 0 spiro atoms. The van der Waals surface area contributed by atoms with Crippen molar-refractivity contribution >= 4 is 26.9 Å². The number of nitrogens with zero attached hydrogens (tertiary/aromatic N) is 4. The quantitative estimate of drug-likeness (QED) is 0.638. The first-order valence-electron chi connectivity index (χ1n) is 9.95. The number of benzene rings is 2. The zero-order valence-corrected chi connectivity index (χ0v) is 18.5. The van der Waals surface area contributed by atoms with Gasteiger partial charge in [0.1, 0.15) is 10.6 Å². The summed E-state index contributed by atoms with van der Waals surface area (Å²) in [6.07, 6.45) is 0. The SMILES string of the molecule is COc1cc(C)c(C)cc1S(=O)(=O)N1CCN(c2nc3ccccc3nc2C)CC1. The number of hydrogen-bond donors (Lipinski definition) is 0. The molecule has 8 heteroatoms. The van der Waals surface area contributed by atoms with Gasteiger partial charge in [0.15, 0.2) is 5.82 Å². The Kier molecular flexibility index (Phi) is 5.38. The Morgan fingerprint density at radius 2 is 1.50 bits per heavy atom. The van der Waals surface area contributed by atoms with Crippen molar-refractivity contribution in [1.82, 2.24) is 14.3 Å². The number of aromatic nitrogens is 2. The second-order valence-corrected chi connectivity index (χ2v) is 9.51. The van der Waals surface area contributed by atoms with Crippen LogP contribution in [0.1, 0.15) is 16.8 Å². The summed E-state index contributed by atoms with van der Waals surface area (Å²) in [5.41, 5.74) is 4.48. The highest BCUT2D eigenvalue weighted by Crippen LogP contribution is 2.31. The maximum atomic E-state index is 13.3. The third kappa shape index (κ3) is 3.61. The molecule has 0 amide bonds. The number of rotatable bonds is 4. The monoisotopic (exact) mass is 426 g/mol. The molecule has 0 unspecified atom stereocenters. The van der Waals surface area contributed by atoms with Crippen LogP contribution >= 0.6 is 0 Å². The maximum absolute atomic E-state index is 13.3. The van der Waals surface area contributed by atoms with Crippen LogP contribution in [-0.4, -0.2) is 56.0 Å². The molecular formula is C22H26N4O3S. The number of anilines is 1. The number of piperazine rings is 1. The molecule has 0 atom stereocenters. The van der Waals surface area contributed by atoms with Crippen molar-refractivity contribution < 1.29 is 13.2 Å². The van der Waals surface area contributed by atoms with E-state index in [4.69, 9.17) is 9.72 Å². The second-order valence-electron chi connectivity index (χ2n) is 7.60. The molecule has 2 heterocycles. The van der Waals surface area contributed by atoms with Crippen molar-refractivity contribution in [3.8, 4) is 5.75 Å². The fourth-order valence-electron chi connectivity index (χ4n) is 3.78. The summed E-state index contributed by atoms with van der Waals surface area (Å²) in [7, 11) is -2.15. The van der Waals surface area contributed by atoms with E-state index >= 15 is 0 Å². The van der Waals surface area contributed by atoms with Crippen LogP contribution in [-0.2, 0) is 10.0 Å². The summed E-state index contributed by atoms with van der Waals surface area (Å²) in [4.78, 5) is 11.8. The molecule has 30 heavy (non-hydrogen) atoms. The minimum absolute atomic E-state index is 0.225. The Bertz CT molecular complexity index is 1200. The van der Waals surface area contributed by atoms with Crippen LogP contribution < -0.4 is 9.64 Å². The van der Waals surface area contributed by atoms with Crippen molar-refractivity contribution in [1.29, 1.82) is 0 Å². The molecule has 1 fully saturated rings. The number of sulfonamides is 1. The molecule has 0 aliphatic carbocycles. The average molecular weight is 427 g/mol. The van der Waals surface area contributed by atoms with Crippen molar-refractivity contribution in [3.05, 3.63) is 53.2 Å². The maximum Gasteiger partial charge on any atom is 0.246 e. The molecule has 1 aliphatic rings. The lowest BCUT2D eigenvalue weighted by Gasteiger charge is -2.35. The molecule has 0 saturated carbocycles. The van der Waals surface area contributed by atoms with Gasteiger partial charge in [-0.2, -0.15) is 4.31 Å². The summed E-state index contributed by atoms with van der Waals surface area (Å²) in [6, 6.07) is 11.3. The van der Waals surface area contributed by atoms with Crippen molar-refractivity contribution in [2.45, 2.75) is 25.7 Å². The lowest BCUT2D eigenvalue weighted by atomic mass is 10.1. The first-order valence-corrected chi connectivity index (χ1v) is 11.4. The van der Waals surface area contributed by atoms with Gasteiger partial charge in [-0.3, -0.25) is 0 Å². The van der Waals surface area contributed by atoms with Crippen LogP contribution in [0.5, 0.6) is 5.75 Å². The summed E-state index contributed by atoms with van der Waals surface area (Å²) in [5.74, 6) is 1.20.